The first kappa shape index (κ1) is 13.1. The molecule has 98 valence electrons. The van der Waals surface area contributed by atoms with E-state index in [0.717, 1.165) is 4.88 Å². The summed E-state index contributed by atoms with van der Waals surface area (Å²) in [5.41, 5.74) is -0.429. The Morgan fingerprint density at radius 2 is 2.06 bits per heavy atom. The lowest BCUT2D eigenvalue weighted by Gasteiger charge is -2.04. The third-order valence-electron chi connectivity index (χ3n) is 3.61. The van der Waals surface area contributed by atoms with Crippen LogP contribution in [0.4, 0.5) is 0 Å². The number of aryl methyl sites for hydroxylation is 1. The second kappa shape index (κ2) is 4.39. The van der Waals surface area contributed by atoms with Gasteiger partial charge in [-0.2, -0.15) is 0 Å². The van der Waals surface area contributed by atoms with Crippen molar-refractivity contribution in [1.82, 2.24) is 5.32 Å². The predicted molar refractivity (Wildman–Crippen MR) is 69.3 cm³/mol. The van der Waals surface area contributed by atoms with E-state index in [4.69, 9.17) is 5.11 Å². The third-order valence-corrected chi connectivity index (χ3v) is 4.61. The lowest BCUT2D eigenvalue weighted by Crippen LogP contribution is -2.26. The molecule has 1 aliphatic carbocycles. The summed E-state index contributed by atoms with van der Waals surface area (Å²) in [6.45, 7) is 6.15. The maximum atomic E-state index is 11.9. The number of nitrogens with one attached hydrogen (secondary N) is 1. The molecule has 0 saturated heterocycles. The number of thiophene rings is 1. The first-order chi connectivity index (χ1) is 8.34. The maximum Gasteiger partial charge on any atom is 0.307 e. The van der Waals surface area contributed by atoms with Gasteiger partial charge in [-0.3, -0.25) is 9.59 Å². The molecule has 1 aromatic heterocycles. The van der Waals surface area contributed by atoms with Crippen molar-refractivity contribution in [3.05, 3.63) is 21.9 Å². The summed E-state index contributed by atoms with van der Waals surface area (Å²) in [6.07, 6.45) is 0. The molecule has 2 N–H and O–H groups in total. The van der Waals surface area contributed by atoms with Gasteiger partial charge in [0, 0.05) is 9.75 Å². The molecule has 0 unspecified atom stereocenters. The largest absolute Gasteiger partial charge is 0.481 e. The molecule has 0 radical (unpaired) electrons. The quantitative estimate of drug-likeness (QED) is 0.877. The number of amides is 1. The van der Waals surface area contributed by atoms with Gasteiger partial charge < -0.3 is 10.4 Å². The lowest BCUT2D eigenvalue weighted by atomic mass is 10.1. The van der Waals surface area contributed by atoms with Crippen molar-refractivity contribution in [1.29, 1.82) is 0 Å². The highest BCUT2D eigenvalue weighted by Crippen LogP contribution is 2.58. The van der Waals surface area contributed by atoms with E-state index < -0.39 is 23.2 Å². The van der Waals surface area contributed by atoms with Gasteiger partial charge in [0.15, 0.2) is 0 Å². The van der Waals surface area contributed by atoms with Gasteiger partial charge in [0.05, 0.1) is 18.4 Å². The van der Waals surface area contributed by atoms with Gasteiger partial charge in [0.25, 0.3) is 0 Å². The Balaban J connectivity index is 1.92. The first-order valence-corrected chi connectivity index (χ1v) is 6.71. The molecule has 5 heteroatoms. The molecule has 1 amide bonds. The summed E-state index contributed by atoms with van der Waals surface area (Å²) in [6, 6.07) is 3.99. The van der Waals surface area contributed by atoms with E-state index in [-0.39, 0.29) is 5.91 Å². The molecule has 2 atom stereocenters. The van der Waals surface area contributed by atoms with Crippen molar-refractivity contribution in [3.8, 4) is 0 Å². The van der Waals surface area contributed by atoms with Crippen LogP contribution in [0, 0.1) is 24.2 Å². The monoisotopic (exact) mass is 267 g/mol. The number of carbonyl (C=O) groups excluding carboxylic acids is 1. The van der Waals surface area contributed by atoms with Gasteiger partial charge in [0.1, 0.15) is 0 Å². The van der Waals surface area contributed by atoms with E-state index in [1.54, 1.807) is 11.3 Å². The number of hydrogen-bond donors (Lipinski definition) is 2. The Bertz CT molecular complexity index is 492. The summed E-state index contributed by atoms with van der Waals surface area (Å²) in [5, 5.41) is 11.8. The fourth-order valence-electron chi connectivity index (χ4n) is 2.45. The highest BCUT2D eigenvalue weighted by atomic mass is 32.1. The molecule has 0 aromatic carbocycles. The molecular formula is C13H17NO3S. The zero-order valence-electron chi connectivity index (χ0n) is 10.7. The Morgan fingerprint density at radius 1 is 1.39 bits per heavy atom. The van der Waals surface area contributed by atoms with E-state index in [1.165, 1.54) is 4.88 Å². The number of carbonyl (C=O) groups is 2. The number of carboxylic acids is 1. The molecular weight excluding hydrogens is 250 g/mol. The van der Waals surface area contributed by atoms with Gasteiger partial charge in [-0.25, -0.2) is 0 Å². The minimum Gasteiger partial charge on any atom is -0.481 e. The number of hydrogen-bond acceptors (Lipinski definition) is 3. The van der Waals surface area contributed by atoms with Crippen LogP contribution >= 0.6 is 11.3 Å². The average Bonchev–Trinajstić information content (AvgIpc) is 2.63. The van der Waals surface area contributed by atoms with Crippen molar-refractivity contribution in [2.45, 2.75) is 27.3 Å². The summed E-state index contributed by atoms with van der Waals surface area (Å²) < 4.78 is 0. The molecule has 4 nitrogen and oxygen atoms in total. The van der Waals surface area contributed by atoms with Crippen LogP contribution in [0.2, 0.25) is 0 Å². The number of rotatable bonds is 4. The van der Waals surface area contributed by atoms with Crippen LogP contribution in [-0.4, -0.2) is 17.0 Å². The Labute approximate surface area is 110 Å². The van der Waals surface area contributed by atoms with E-state index in [9.17, 15) is 9.59 Å². The van der Waals surface area contributed by atoms with E-state index >= 15 is 0 Å². The zero-order chi connectivity index (χ0) is 13.5. The molecule has 2 rings (SSSR count). The molecule has 0 aliphatic heterocycles. The smallest absolute Gasteiger partial charge is 0.307 e. The normalized spacial score (nSPS) is 24.6. The van der Waals surface area contributed by atoms with Crippen LogP contribution in [0.25, 0.3) is 0 Å². The fourth-order valence-corrected chi connectivity index (χ4v) is 3.28. The average molecular weight is 267 g/mol. The van der Waals surface area contributed by atoms with Crippen molar-refractivity contribution >= 4 is 23.2 Å². The van der Waals surface area contributed by atoms with Crippen molar-refractivity contribution in [2.75, 3.05) is 0 Å². The molecule has 1 aliphatic rings. The molecule has 1 aromatic rings. The third kappa shape index (κ3) is 2.27. The standard InChI is InChI=1S/C13H17NO3S/c1-7-4-5-8(18-7)6-14-11(15)9-10(12(16)17)13(9,2)3/h4-5,9-10H,6H2,1-3H3,(H,14,15)(H,16,17)/t9-,10+/m0/s1. The fraction of sp³-hybridized carbons (Fsp3) is 0.538. The minimum absolute atomic E-state index is 0.154. The summed E-state index contributed by atoms with van der Waals surface area (Å²) in [7, 11) is 0. The molecule has 1 fully saturated rings. The highest BCUT2D eigenvalue weighted by molar-refractivity contribution is 7.11. The van der Waals surface area contributed by atoms with Crippen molar-refractivity contribution in [2.24, 2.45) is 17.3 Å². The second-order valence-corrected chi connectivity index (χ2v) is 6.72. The predicted octanol–water partition coefficient (Wildman–Crippen LogP) is 2.03. The van der Waals surface area contributed by atoms with Crippen LogP contribution in [0.5, 0.6) is 0 Å². The number of aliphatic carboxylic acids is 1. The Morgan fingerprint density at radius 3 is 2.50 bits per heavy atom. The molecule has 18 heavy (non-hydrogen) atoms. The zero-order valence-corrected chi connectivity index (χ0v) is 11.5. The van der Waals surface area contributed by atoms with Gasteiger partial charge >= 0.3 is 5.97 Å². The van der Waals surface area contributed by atoms with E-state index in [0.29, 0.717) is 6.54 Å². The number of carboxylic acid groups (broad SMARTS) is 1. The van der Waals surface area contributed by atoms with Crippen LogP contribution in [0.15, 0.2) is 12.1 Å². The van der Waals surface area contributed by atoms with Gasteiger partial charge in [0.2, 0.25) is 5.91 Å². The van der Waals surface area contributed by atoms with Crippen molar-refractivity contribution in [3.63, 3.8) is 0 Å². The first-order valence-electron chi connectivity index (χ1n) is 5.90. The minimum atomic E-state index is -0.882. The van der Waals surface area contributed by atoms with Crippen molar-refractivity contribution < 1.29 is 14.7 Å². The Kier molecular flexibility index (Phi) is 3.19. The maximum absolute atomic E-state index is 11.9. The SMILES string of the molecule is Cc1ccc(CNC(=O)[C@@H]2[C@H](C(=O)O)C2(C)C)s1. The van der Waals surface area contributed by atoms with Crippen LogP contribution in [0.3, 0.4) is 0 Å². The molecule has 0 bridgehead atoms. The summed E-state index contributed by atoms with van der Waals surface area (Å²) in [4.78, 5) is 25.2. The molecule has 1 heterocycles. The van der Waals surface area contributed by atoms with Crippen LogP contribution < -0.4 is 5.32 Å². The van der Waals surface area contributed by atoms with E-state index in [1.807, 2.05) is 32.9 Å². The van der Waals surface area contributed by atoms with Gasteiger partial charge in [-0.1, -0.05) is 13.8 Å². The van der Waals surface area contributed by atoms with Gasteiger partial charge in [-0.15, -0.1) is 11.3 Å². The van der Waals surface area contributed by atoms with Gasteiger partial charge in [-0.05, 0) is 24.5 Å². The summed E-state index contributed by atoms with van der Waals surface area (Å²) in [5.74, 6) is -2.00. The molecule has 1 saturated carbocycles. The molecule has 0 spiro atoms. The topological polar surface area (TPSA) is 66.4 Å². The lowest BCUT2D eigenvalue weighted by molar-refractivity contribution is -0.140. The second-order valence-electron chi connectivity index (χ2n) is 5.35. The van der Waals surface area contributed by atoms with Crippen LogP contribution in [-0.2, 0) is 16.1 Å². The summed E-state index contributed by atoms with van der Waals surface area (Å²) >= 11 is 1.64. The Hall–Kier alpha value is -1.36. The van der Waals surface area contributed by atoms with Crippen LogP contribution in [0.1, 0.15) is 23.6 Å². The van der Waals surface area contributed by atoms with E-state index in [2.05, 4.69) is 5.32 Å². The highest BCUT2D eigenvalue weighted by Gasteiger charge is 2.65.